The van der Waals surface area contributed by atoms with E-state index in [9.17, 15) is 9.59 Å². The van der Waals surface area contributed by atoms with Gasteiger partial charge in [0, 0.05) is 10.1 Å². The number of nitrogens with one attached hydrogen (secondary N) is 1. The van der Waals surface area contributed by atoms with Crippen LogP contribution in [0.25, 0.3) is 21.0 Å². The standard InChI is InChI=1S/C9H6N2S.C4H6O6/c1-2-8-7(5-10-11-8)9-6(1)3-4-12-9;5-1(3(7)8)2(6)4(9)10/h1-5H,(H,10,11);1-2,5-6H,(H,7,8)(H,9,10)/t;1-,2-/m.1/s1. The summed E-state index contributed by atoms with van der Waals surface area (Å²) in [5, 5.41) is 44.1. The number of hydrogen-bond donors (Lipinski definition) is 5. The van der Waals surface area contributed by atoms with Gasteiger partial charge in [-0.15, -0.1) is 11.3 Å². The predicted octanol–water partition coefficient (Wildman–Crippen LogP) is 0.655. The largest absolute Gasteiger partial charge is 0.479 e. The van der Waals surface area contributed by atoms with Crippen molar-refractivity contribution < 1.29 is 30.0 Å². The third kappa shape index (κ3) is 3.22. The molecule has 0 bridgehead atoms. The van der Waals surface area contributed by atoms with Crippen molar-refractivity contribution in [2.75, 3.05) is 0 Å². The third-order valence-corrected chi connectivity index (χ3v) is 3.81. The molecule has 0 spiro atoms. The lowest BCUT2D eigenvalue weighted by atomic mass is 10.2. The van der Waals surface area contributed by atoms with Crippen LogP contribution in [0.4, 0.5) is 0 Å². The number of carbonyl (C=O) groups is 2. The molecule has 0 fully saturated rings. The number of thiophene rings is 1. The smallest absolute Gasteiger partial charge is 0.335 e. The highest BCUT2D eigenvalue weighted by Gasteiger charge is 2.29. The van der Waals surface area contributed by atoms with Crippen LogP contribution in [0, 0.1) is 0 Å². The van der Waals surface area contributed by atoms with Crippen LogP contribution in [0.15, 0.2) is 29.8 Å². The number of aromatic nitrogens is 2. The highest BCUT2D eigenvalue weighted by molar-refractivity contribution is 7.18. The molecule has 0 radical (unpaired) electrons. The van der Waals surface area contributed by atoms with E-state index in [1.165, 1.54) is 15.5 Å². The van der Waals surface area contributed by atoms with Crippen LogP contribution in [0.1, 0.15) is 0 Å². The summed E-state index contributed by atoms with van der Waals surface area (Å²) in [5.74, 6) is -3.54. The summed E-state index contributed by atoms with van der Waals surface area (Å²) >= 11 is 1.76. The number of aromatic amines is 1. The van der Waals surface area contributed by atoms with E-state index in [1.807, 2.05) is 6.20 Å². The first-order valence-electron chi connectivity index (χ1n) is 6.03. The van der Waals surface area contributed by atoms with Gasteiger partial charge in [-0.1, -0.05) is 6.07 Å². The van der Waals surface area contributed by atoms with Gasteiger partial charge in [-0.3, -0.25) is 5.10 Å². The van der Waals surface area contributed by atoms with Crippen molar-refractivity contribution in [2.24, 2.45) is 0 Å². The van der Waals surface area contributed by atoms with Crippen molar-refractivity contribution in [3.63, 3.8) is 0 Å². The Morgan fingerprint density at radius 1 is 1.09 bits per heavy atom. The minimum atomic E-state index is -2.27. The zero-order chi connectivity index (χ0) is 16.3. The molecule has 2 aromatic heterocycles. The fourth-order valence-corrected chi connectivity index (χ4v) is 2.63. The molecule has 3 aromatic rings. The lowest BCUT2D eigenvalue weighted by Gasteiger charge is -2.07. The van der Waals surface area contributed by atoms with Crippen molar-refractivity contribution in [1.29, 1.82) is 0 Å². The van der Waals surface area contributed by atoms with E-state index in [4.69, 9.17) is 20.4 Å². The predicted molar refractivity (Wildman–Crippen MR) is 78.8 cm³/mol. The van der Waals surface area contributed by atoms with Crippen molar-refractivity contribution in [2.45, 2.75) is 12.2 Å². The first-order chi connectivity index (χ1) is 10.4. The van der Waals surface area contributed by atoms with E-state index >= 15 is 0 Å². The topological polar surface area (TPSA) is 144 Å². The van der Waals surface area contributed by atoms with Gasteiger partial charge in [0.15, 0.2) is 12.2 Å². The van der Waals surface area contributed by atoms with Gasteiger partial charge in [0.2, 0.25) is 0 Å². The molecule has 2 atom stereocenters. The second kappa shape index (κ2) is 6.52. The van der Waals surface area contributed by atoms with E-state index < -0.39 is 24.1 Å². The van der Waals surface area contributed by atoms with Gasteiger partial charge in [-0.25, -0.2) is 9.59 Å². The van der Waals surface area contributed by atoms with Gasteiger partial charge in [0.1, 0.15) is 0 Å². The van der Waals surface area contributed by atoms with Gasteiger partial charge in [0.25, 0.3) is 0 Å². The molecule has 0 aliphatic rings. The fourth-order valence-electron chi connectivity index (χ4n) is 1.72. The molecule has 0 aliphatic heterocycles. The van der Waals surface area contributed by atoms with E-state index in [0.29, 0.717) is 0 Å². The van der Waals surface area contributed by atoms with Gasteiger partial charge < -0.3 is 20.4 Å². The number of aliphatic hydroxyl groups excluding tert-OH is 2. The Hall–Kier alpha value is -2.49. The van der Waals surface area contributed by atoms with E-state index in [-0.39, 0.29) is 0 Å². The number of aliphatic carboxylic acids is 2. The monoisotopic (exact) mass is 324 g/mol. The number of H-pyrrole nitrogens is 1. The van der Waals surface area contributed by atoms with Crippen LogP contribution in [0.5, 0.6) is 0 Å². The van der Waals surface area contributed by atoms with Gasteiger partial charge in [-0.2, -0.15) is 5.10 Å². The lowest BCUT2D eigenvalue weighted by Crippen LogP contribution is -2.39. The van der Waals surface area contributed by atoms with Crippen molar-refractivity contribution in [3.8, 4) is 0 Å². The molecular formula is C13H12N2O6S. The number of carboxylic acids is 2. The molecule has 0 saturated carbocycles. The van der Waals surface area contributed by atoms with Crippen LogP contribution in [0.2, 0.25) is 0 Å². The maximum Gasteiger partial charge on any atom is 0.335 e. The van der Waals surface area contributed by atoms with Crippen molar-refractivity contribution in [1.82, 2.24) is 10.2 Å². The number of carboxylic acid groups (broad SMARTS) is 2. The normalized spacial score (nSPS) is 13.4. The zero-order valence-electron chi connectivity index (χ0n) is 11.0. The first-order valence-corrected chi connectivity index (χ1v) is 6.91. The average molecular weight is 324 g/mol. The summed E-state index contributed by atoms with van der Waals surface area (Å²) in [7, 11) is 0. The molecule has 0 aliphatic carbocycles. The fraction of sp³-hybridized carbons (Fsp3) is 0.154. The van der Waals surface area contributed by atoms with Crippen LogP contribution in [-0.4, -0.2) is 54.8 Å². The van der Waals surface area contributed by atoms with Gasteiger partial charge in [0.05, 0.1) is 11.7 Å². The average Bonchev–Trinajstić information content (AvgIpc) is 3.13. The summed E-state index contributed by atoms with van der Waals surface area (Å²) < 4.78 is 1.32. The summed E-state index contributed by atoms with van der Waals surface area (Å²) in [6.07, 6.45) is -2.65. The highest BCUT2D eigenvalue weighted by Crippen LogP contribution is 2.27. The zero-order valence-corrected chi connectivity index (χ0v) is 11.8. The minimum Gasteiger partial charge on any atom is -0.479 e. The van der Waals surface area contributed by atoms with Crippen LogP contribution < -0.4 is 0 Å². The molecule has 9 heteroatoms. The Morgan fingerprint density at radius 3 is 2.32 bits per heavy atom. The SMILES string of the molecule is O=C(O)[C@H](O)[C@@H](O)C(=O)O.c1cc2ccc3[nH]ncc3c2s1. The van der Waals surface area contributed by atoms with Gasteiger partial charge >= 0.3 is 11.9 Å². The number of aliphatic hydroxyl groups is 2. The summed E-state index contributed by atoms with van der Waals surface area (Å²) in [4.78, 5) is 19.5. The number of benzene rings is 1. The molecule has 2 heterocycles. The molecule has 0 amide bonds. The maximum atomic E-state index is 9.77. The Kier molecular flexibility index (Phi) is 4.71. The highest BCUT2D eigenvalue weighted by atomic mass is 32.1. The van der Waals surface area contributed by atoms with Crippen molar-refractivity contribution >= 4 is 44.3 Å². The lowest BCUT2D eigenvalue weighted by molar-refractivity contribution is -0.165. The second-order valence-corrected chi connectivity index (χ2v) is 5.22. The third-order valence-electron chi connectivity index (χ3n) is 2.84. The molecule has 116 valence electrons. The van der Waals surface area contributed by atoms with Crippen LogP contribution >= 0.6 is 11.3 Å². The molecule has 8 nitrogen and oxygen atoms in total. The number of fused-ring (bicyclic) bond motifs is 3. The molecule has 5 N–H and O–H groups in total. The number of rotatable bonds is 3. The van der Waals surface area contributed by atoms with E-state index in [1.54, 1.807) is 11.3 Å². The Labute approximate surface area is 127 Å². The Morgan fingerprint density at radius 2 is 1.73 bits per heavy atom. The molecule has 3 rings (SSSR count). The summed E-state index contributed by atoms with van der Waals surface area (Å²) in [5.41, 5.74) is 1.12. The first kappa shape index (κ1) is 15.9. The van der Waals surface area contributed by atoms with Crippen LogP contribution in [0.3, 0.4) is 0 Å². The molecular weight excluding hydrogens is 312 g/mol. The number of hydrogen-bond acceptors (Lipinski definition) is 6. The maximum absolute atomic E-state index is 9.77. The Balaban J connectivity index is 0.000000165. The number of nitrogens with zero attached hydrogens (tertiary/aromatic N) is 1. The molecule has 1 aromatic carbocycles. The summed E-state index contributed by atoms with van der Waals surface area (Å²) in [6, 6.07) is 6.32. The van der Waals surface area contributed by atoms with E-state index in [2.05, 4.69) is 33.8 Å². The van der Waals surface area contributed by atoms with Gasteiger partial charge in [-0.05, 0) is 22.9 Å². The second-order valence-electron chi connectivity index (χ2n) is 4.30. The quantitative estimate of drug-likeness (QED) is 0.476. The minimum absolute atomic E-state index is 1.12. The Bertz CT molecular complexity index is 743. The molecule has 22 heavy (non-hydrogen) atoms. The molecule has 0 saturated heterocycles. The van der Waals surface area contributed by atoms with E-state index in [0.717, 1.165) is 5.52 Å². The summed E-state index contributed by atoms with van der Waals surface area (Å²) in [6.45, 7) is 0. The molecule has 0 unspecified atom stereocenters. The van der Waals surface area contributed by atoms with Crippen molar-refractivity contribution in [3.05, 3.63) is 29.8 Å². The van der Waals surface area contributed by atoms with Crippen LogP contribution in [-0.2, 0) is 9.59 Å².